The maximum absolute atomic E-state index is 12.4. The van der Waals surface area contributed by atoms with Crippen molar-refractivity contribution in [2.45, 2.75) is 51.6 Å². The summed E-state index contributed by atoms with van der Waals surface area (Å²) < 4.78 is 6.23. The lowest BCUT2D eigenvalue weighted by atomic mass is 9.71. The summed E-state index contributed by atoms with van der Waals surface area (Å²) in [4.78, 5) is 12.4. The Hall–Kier alpha value is -1.02. The van der Waals surface area contributed by atoms with E-state index in [-0.39, 0.29) is 11.4 Å². The molecule has 3 heteroatoms. The van der Waals surface area contributed by atoms with Crippen LogP contribution in [0.5, 0.6) is 5.75 Å². The van der Waals surface area contributed by atoms with E-state index in [0.29, 0.717) is 22.8 Å². The number of ether oxygens (including phenoxy) is 1. The summed E-state index contributed by atoms with van der Waals surface area (Å²) >= 11 is 5.97. The fraction of sp³-hybridized carbons (Fsp3) is 0.588. The van der Waals surface area contributed by atoms with Crippen LogP contribution in [0, 0.1) is 11.8 Å². The van der Waals surface area contributed by atoms with Crippen LogP contribution in [-0.2, 0) is 0 Å². The van der Waals surface area contributed by atoms with E-state index in [2.05, 4.69) is 13.8 Å². The van der Waals surface area contributed by atoms with Gasteiger partial charge in [0, 0.05) is 5.02 Å². The Morgan fingerprint density at radius 2 is 2.00 bits per heavy atom. The third-order valence-electron chi connectivity index (χ3n) is 4.94. The van der Waals surface area contributed by atoms with Gasteiger partial charge in [-0.2, -0.15) is 0 Å². The van der Waals surface area contributed by atoms with E-state index in [9.17, 15) is 4.79 Å². The van der Waals surface area contributed by atoms with Gasteiger partial charge in [0.15, 0.2) is 5.78 Å². The summed E-state index contributed by atoms with van der Waals surface area (Å²) in [6, 6.07) is 5.36. The van der Waals surface area contributed by atoms with Crippen LogP contribution in [-0.4, -0.2) is 11.4 Å². The minimum absolute atomic E-state index is 0.178. The predicted octanol–water partition coefficient (Wildman–Crippen LogP) is 4.89. The molecule has 0 unspecified atom stereocenters. The molecule has 0 radical (unpaired) electrons. The van der Waals surface area contributed by atoms with Crippen LogP contribution in [0.1, 0.15) is 56.3 Å². The first kappa shape index (κ1) is 13.9. The van der Waals surface area contributed by atoms with Crippen molar-refractivity contribution in [2.75, 3.05) is 0 Å². The molecule has 0 aromatic heterocycles. The summed E-state index contributed by atoms with van der Waals surface area (Å²) in [7, 11) is 0. The highest BCUT2D eigenvalue weighted by Crippen LogP contribution is 2.45. The number of ketones is 1. The zero-order valence-electron chi connectivity index (χ0n) is 12.1. The fourth-order valence-electron chi connectivity index (χ4n) is 3.58. The Bertz CT molecular complexity index is 528. The SMILES string of the molecule is CC(C)C1CCC2(CC1)CC(=O)c1cc(Cl)ccc1O2. The highest BCUT2D eigenvalue weighted by molar-refractivity contribution is 6.31. The number of fused-ring (bicyclic) bond motifs is 1. The van der Waals surface area contributed by atoms with Crippen LogP contribution in [0.3, 0.4) is 0 Å². The average Bonchev–Trinajstić information content (AvgIpc) is 2.40. The lowest BCUT2D eigenvalue weighted by molar-refractivity contribution is -0.00319. The minimum atomic E-state index is -0.261. The second-order valence-corrected chi connectivity index (χ2v) is 7.04. The normalized spacial score (nSPS) is 29.4. The minimum Gasteiger partial charge on any atom is -0.486 e. The number of rotatable bonds is 1. The Labute approximate surface area is 125 Å². The molecule has 1 aromatic carbocycles. The summed E-state index contributed by atoms with van der Waals surface area (Å²) in [5, 5.41) is 0.597. The molecule has 0 atom stereocenters. The molecular formula is C17H21ClO2. The Morgan fingerprint density at radius 1 is 1.30 bits per heavy atom. The largest absolute Gasteiger partial charge is 0.486 e. The summed E-state index contributed by atoms with van der Waals surface area (Å²) in [6.45, 7) is 4.57. The molecule has 1 saturated carbocycles. The monoisotopic (exact) mass is 292 g/mol. The molecule has 3 rings (SSSR count). The van der Waals surface area contributed by atoms with E-state index in [1.165, 1.54) is 0 Å². The Kier molecular flexibility index (Phi) is 3.53. The topological polar surface area (TPSA) is 26.3 Å². The summed E-state index contributed by atoms with van der Waals surface area (Å²) in [5.74, 6) is 2.38. The molecule has 2 nitrogen and oxygen atoms in total. The third-order valence-corrected chi connectivity index (χ3v) is 5.17. The van der Waals surface area contributed by atoms with Crippen LogP contribution < -0.4 is 4.74 Å². The zero-order valence-corrected chi connectivity index (χ0v) is 12.9. The molecule has 20 heavy (non-hydrogen) atoms. The first-order valence-electron chi connectivity index (χ1n) is 7.51. The van der Waals surface area contributed by atoms with Crippen molar-refractivity contribution >= 4 is 17.4 Å². The molecule has 2 aliphatic rings. The van der Waals surface area contributed by atoms with Crippen molar-refractivity contribution < 1.29 is 9.53 Å². The molecule has 1 aliphatic heterocycles. The van der Waals surface area contributed by atoms with Crippen LogP contribution in [0.25, 0.3) is 0 Å². The standard InChI is InChI=1S/C17H21ClO2/c1-11(2)12-5-7-17(8-6-12)10-15(19)14-9-13(18)3-4-16(14)20-17/h3-4,9,11-12H,5-8,10H2,1-2H3. The van der Waals surface area contributed by atoms with Gasteiger partial charge in [0.25, 0.3) is 0 Å². The van der Waals surface area contributed by atoms with Gasteiger partial charge in [-0.3, -0.25) is 4.79 Å². The van der Waals surface area contributed by atoms with E-state index >= 15 is 0 Å². The van der Waals surface area contributed by atoms with Gasteiger partial charge in [0.2, 0.25) is 0 Å². The van der Waals surface area contributed by atoms with Gasteiger partial charge < -0.3 is 4.74 Å². The lowest BCUT2D eigenvalue weighted by Gasteiger charge is -2.43. The molecule has 1 fully saturated rings. The average molecular weight is 293 g/mol. The van der Waals surface area contributed by atoms with Gasteiger partial charge in [0.1, 0.15) is 11.4 Å². The molecule has 0 saturated heterocycles. The Morgan fingerprint density at radius 3 is 2.65 bits per heavy atom. The van der Waals surface area contributed by atoms with Crippen molar-refractivity contribution in [3.05, 3.63) is 28.8 Å². The van der Waals surface area contributed by atoms with Gasteiger partial charge in [-0.25, -0.2) is 0 Å². The van der Waals surface area contributed by atoms with Crippen LogP contribution >= 0.6 is 11.6 Å². The van der Waals surface area contributed by atoms with Gasteiger partial charge in [-0.15, -0.1) is 0 Å². The Balaban J connectivity index is 1.82. The number of hydrogen-bond donors (Lipinski definition) is 0. The molecule has 1 heterocycles. The van der Waals surface area contributed by atoms with Crippen LogP contribution in [0.2, 0.25) is 5.02 Å². The van der Waals surface area contributed by atoms with Crippen molar-refractivity contribution in [2.24, 2.45) is 11.8 Å². The van der Waals surface area contributed by atoms with Crippen molar-refractivity contribution in [3.8, 4) is 5.75 Å². The fourth-order valence-corrected chi connectivity index (χ4v) is 3.75. The molecule has 1 spiro atoms. The van der Waals surface area contributed by atoms with Gasteiger partial charge in [-0.1, -0.05) is 25.4 Å². The molecule has 0 bridgehead atoms. The zero-order chi connectivity index (χ0) is 14.3. The van der Waals surface area contributed by atoms with Crippen LogP contribution in [0.4, 0.5) is 0 Å². The maximum Gasteiger partial charge on any atom is 0.170 e. The van der Waals surface area contributed by atoms with Crippen molar-refractivity contribution in [3.63, 3.8) is 0 Å². The van der Waals surface area contributed by atoms with Crippen LogP contribution in [0.15, 0.2) is 18.2 Å². The number of benzene rings is 1. The summed E-state index contributed by atoms with van der Waals surface area (Å²) in [6.07, 6.45) is 4.81. The predicted molar refractivity (Wildman–Crippen MR) is 80.6 cm³/mol. The smallest absolute Gasteiger partial charge is 0.170 e. The highest BCUT2D eigenvalue weighted by atomic mass is 35.5. The van der Waals surface area contributed by atoms with Gasteiger partial charge in [0.05, 0.1) is 12.0 Å². The highest BCUT2D eigenvalue weighted by Gasteiger charge is 2.43. The molecule has 108 valence electrons. The van der Waals surface area contributed by atoms with Gasteiger partial charge >= 0.3 is 0 Å². The van der Waals surface area contributed by atoms with E-state index in [1.807, 2.05) is 6.07 Å². The number of hydrogen-bond acceptors (Lipinski definition) is 2. The quantitative estimate of drug-likeness (QED) is 0.736. The molecule has 0 amide bonds. The molecule has 1 aromatic rings. The first-order chi connectivity index (χ1) is 9.49. The van der Waals surface area contributed by atoms with E-state index in [0.717, 1.165) is 37.5 Å². The number of Topliss-reactive ketones (excluding diaryl/α,β-unsaturated/α-hetero) is 1. The van der Waals surface area contributed by atoms with E-state index in [4.69, 9.17) is 16.3 Å². The number of carbonyl (C=O) groups excluding carboxylic acids is 1. The summed E-state index contributed by atoms with van der Waals surface area (Å²) in [5.41, 5.74) is 0.387. The van der Waals surface area contributed by atoms with E-state index < -0.39 is 0 Å². The van der Waals surface area contributed by atoms with E-state index in [1.54, 1.807) is 12.1 Å². The van der Waals surface area contributed by atoms with Crippen molar-refractivity contribution in [1.29, 1.82) is 0 Å². The van der Waals surface area contributed by atoms with Crippen molar-refractivity contribution in [1.82, 2.24) is 0 Å². The lowest BCUT2D eigenvalue weighted by Crippen LogP contribution is -2.45. The molecule has 1 aliphatic carbocycles. The molecular weight excluding hydrogens is 272 g/mol. The number of carbonyl (C=O) groups is 1. The third kappa shape index (κ3) is 2.46. The molecule has 0 N–H and O–H groups in total. The maximum atomic E-state index is 12.4. The second kappa shape index (κ2) is 5.07. The first-order valence-corrected chi connectivity index (χ1v) is 7.89. The van der Waals surface area contributed by atoms with Gasteiger partial charge in [-0.05, 0) is 55.7 Å². The second-order valence-electron chi connectivity index (χ2n) is 6.61. The number of halogens is 1.